The Morgan fingerprint density at radius 1 is 1.14 bits per heavy atom. The van der Waals surface area contributed by atoms with Crippen LogP contribution >= 0.6 is 0 Å². The molecule has 0 aliphatic carbocycles. The average Bonchev–Trinajstić information content (AvgIpc) is 0.722. The van der Waals surface area contributed by atoms with Crippen molar-refractivity contribution in [2.45, 2.75) is 7.43 Å². The second kappa shape index (κ2) is 4.55. The van der Waals surface area contributed by atoms with Gasteiger partial charge in [0.15, 0.2) is 0 Å². The van der Waals surface area contributed by atoms with Gasteiger partial charge >= 0.3 is 17.1 Å². The van der Waals surface area contributed by atoms with Crippen molar-refractivity contribution in [3.8, 4) is 0 Å². The van der Waals surface area contributed by atoms with Crippen molar-refractivity contribution in [2.24, 2.45) is 0 Å². The fourth-order valence-electron chi connectivity index (χ4n) is 0. The molecule has 0 spiro atoms. The molecule has 0 saturated heterocycles. The van der Waals surface area contributed by atoms with Gasteiger partial charge in [0, 0.05) is 10.4 Å². The van der Waals surface area contributed by atoms with Crippen LogP contribution < -0.4 is 0 Å². The fourth-order valence-corrected chi connectivity index (χ4v) is 0. The van der Waals surface area contributed by atoms with Crippen LogP contribution in [-0.4, -0.2) is 17.5 Å². The van der Waals surface area contributed by atoms with Crippen LogP contribution in [0.15, 0.2) is 0 Å². The molecule has 0 aromatic carbocycles. The van der Waals surface area contributed by atoms with Crippen LogP contribution in [0.4, 0.5) is 0 Å². The Labute approximate surface area is 53.0 Å². The van der Waals surface area contributed by atoms with E-state index in [1.54, 1.807) is 0 Å². The summed E-state index contributed by atoms with van der Waals surface area (Å²) in [5, 5.41) is 0. The van der Waals surface area contributed by atoms with Crippen molar-refractivity contribution in [3.63, 3.8) is 0 Å². The summed E-state index contributed by atoms with van der Waals surface area (Å²) in [4.78, 5) is 0. The SMILES string of the molecule is C.O=S(=O)([O-])[O-].[Mn+2]. The van der Waals surface area contributed by atoms with Gasteiger partial charge in [-0.3, -0.25) is 8.42 Å². The second-order valence-electron chi connectivity index (χ2n) is 0.408. The van der Waals surface area contributed by atoms with Gasteiger partial charge in [0.1, 0.15) is 0 Å². The molecule has 45 valence electrons. The molecule has 0 aliphatic heterocycles. The maximum absolute atomic E-state index is 8.52. The van der Waals surface area contributed by atoms with Crippen molar-refractivity contribution < 1.29 is 34.6 Å². The van der Waals surface area contributed by atoms with Crippen LogP contribution in [0.3, 0.4) is 0 Å². The zero-order chi connectivity index (χ0) is 4.50. The van der Waals surface area contributed by atoms with Crippen LogP contribution in [0.2, 0.25) is 0 Å². The molecule has 6 heteroatoms. The molecule has 0 aromatic heterocycles. The zero-order valence-corrected chi connectivity index (χ0v) is 4.42. The summed E-state index contributed by atoms with van der Waals surface area (Å²) in [5.41, 5.74) is 0. The molecule has 7 heavy (non-hydrogen) atoms. The minimum absolute atomic E-state index is 0. The summed E-state index contributed by atoms with van der Waals surface area (Å²) < 4.78 is 34.1. The molecule has 0 aromatic rings. The third-order valence-corrected chi connectivity index (χ3v) is 0. The van der Waals surface area contributed by atoms with E-state index < -0.39 is 10.4 Å². The predicted octanol–water partition coefficient (Wildman–Crippen LogP) is -0.704. The van der Waals surface area contributed by atoms with Crippen molar-refractivity contribution in [3.05, 3.63) is 0 Å². The summed E-state index contributed by atoms with van der Waals surface area (Å²) in [7, 11) is -5.17. The first-order valence-electron chi connectivity index (χ1n) is 0.667. The van der Waals surface area contributed by atoms with E-state index in [0.717, 1.165) is 0 Å². The molecule has 4 nitrogen and oxygen atoms in total. The number of hydrogen-bond acceptors (Lipinski definition) is 4. The van der Waals surface area contributed by atoms with Crippen molar-refractivity contribution in [1.82, 2.24) is 0 Å². The fraction of sp³-hybridized carbons (Fsp3) is 1.00. The molecular weight excluding hydrogens is 163 g/mol. The average molecular weight is 167 g/mol. The van der Waals surface area contributed by atoms with Gasteiger partial charge in [-0.05, 0) is 0 Å². The summed E-state index contributed by atoms with van der Waals surface area (Å²) in [6.45, 7) is 0. The van der Waals surface area contributed by atoms with E-state index in [1.807, 2.05) is 0 Å². The van der Waals surface area contributed by atoms with Gasteiger partial charge in [-0.15, -0.1) is 0 Å². The molecule has 0 unspecified atom stereocenters. The standard InChI is InChI=1S/CH4.Mn.H2O4S/c;;1-5(2,3)4/h1H4;;(H2,1,2,3,4)/q;+2;/p-2. The summed E-state index contributed by atoms with van der Waals surface area (Å²) in [6.07, 6.45) is 0. The normalized spacial score (nSPS) is 8.29. The maximum Gasteiger partial charge on any atom is 2.00 e. The smallest absolute Gasteiger partial charge is 0.759 e. The first-order valence-corrected chi connectivity index (χ1v) is 2.00. The van der Waals surface area contributed by atoms with Crippen LogP contribution in [0.5, 0.6) is 0 Å². The minimum atomic E-state index is -5.17. The van der Waals surface area contributed by atoms with E-state index in [4.69, 9.17) is 17.5 Å². The van der Waals surface area contributed by atoms with Gasteiger partial charge in [0.25, 0.3) is 0 Å². The number of rotatable bonds is 0. The van der Waals surface area contributed by atoms with E-state index in [-0.39, 0.29) is 24.5 Å². The Balaban J connectivity index is -0.0000000800. The summed E-state index contributed by atoms with van der Waals surface area (Å²) in [5.74, 6) is 0. The molecule has 1 radical (unpaired) electrons. The Morgan fingerprint density at radius 2 is 1.14 bits per heavy atom. The first-order chi connectivity index (χ1) is 2.00. The molecule has 0 fully saturated rings. The Hall–Kier alpha value is 0.389. The van der Waals surface area contributed by atoms with E-state index in [2.05, 4.69) is 0 Å². The van der Waals surface area contributed by atoms with E-state index in [1.165, 1.54) is 0 Å². The molecule has 0 heterocycles. The van der Waals surface area contributed by atoms with Crippen LogP contribution in [-0.2, 0) is 27.5 Å². The van der Waals surface area contributed by atoms with Crippen LogP contribution in [0.25, 0.3) is 0 Å². The molecule has 0 amide bonds. The molecule has 0 N–H and O–H groups in total. The van der Waals surface area contributed by atoms with E-state index in [9.17, 15) is 0 Å². The van der Waals surface area contributed by atoms with Gasteiger partial charge in [0.2, 0.25) is 0 Å². The molecule has 0 bridgehead atoms. The second-order valence-corrected chi connectivity index (χ2v) is 1.22. The molecule has 0 atom stereocenters. The molecular formula is CH4MnO4S. The van der Waals surface area contributed by atoms with Gasteiger partial charge in [-0.25, -0.2) is 0 Å². The summed E-state index contributed by atoms with van der Waals surface area (Å²) in [6, 6.07) is 0. The van der Waals surface area contributed by atoms with Crippen LogP contribution in [0, 0.1) is 0 Å². The van der Waals surface area contributed by atoms with E-state index >= 15 is 0 Å². The van der Waals surface area contributed by atoms with Crippen molar-refractivity contribution in [1.29, 1.82) is 0 Å². The van der Waals surface area contributed by atoms with E-state index in [0.29, 0.717) is 0 Å². The van der Waals surface area contributed by atoms with Crippen molar-refractivity contribution >= 4 is 10.4 Å². The van der Waals surface area contributed by atoms with Gasteiger partial charge in [-0.2, -0.15) is 0 Å². The van der Waals surface area contributed by atoms with Gasteiger partial charge in [-0.1, -0.05) is 7.43 Å². The Morgan fingerprint density at radius 3 is 1.14 bits per heavy atom. The topological polar surface area (TPSA) is 80.3 Å². The summed E-state index contributed by atoms with van der Waals surface area (Å²) >= 11 is 0. The van der Waals surface area contributed by atoms with Gasteiger partial charge in [0.05, 0.1) is 0 Å². The molecule has 0 saturated carbocycles. The largest absolute Gasteiger partial charge is 2.00 e. The van der Waals surface area contributed by atoms with Gasteiger partial charge < -0.3 is 9.11 Å². The first kappa shape index (κ1) is 15.7. The quantitative estimate of drug-likeness (QED) is 0.271. The molecule has 0 rings (SSSR count). The number of hydrogen-bond donors (Lipinski definition) is 0. The van der Waals surface area contributed by atoms with Crippen molar-refractivity contribution in [2.75, 3.05) is 0 Å². The monoisotopic (exact) mass is 167 g/mol. The Bertz CT molecular complexity index is 94.9. The van der Waals surface area contributed by atoms with Crippen LogP contribution in [0.1, 0.15) is 7.43 Å². The third-order valence-electron chi connectivity index (χ3n) is 0. The minimum Gasteiger partial charge on any atom is -0.759 e. The molecule has 0 aliphatic rings. The zero-order valence-electron chi connectivity index (χ0n) is 2.42. The third kappa shape index (κ3) is 812. The predicted molar refractivity (Wildman–Crippen MR) is 17.2 cm³/mol. The Kier molecular flexibility index (Phi) is 10.2. The maximum atomic E-state index is 8.52.